The molecule has 0 saturated carbocycles. The average molecular weight is 214 g/mol. The van der Waals surface area contributed by atoms with Gasteiger partial charge in [0.2, 0.25) is 5.95 Å². The van der Waals surface area contributed by atoms with E-state index in [9.17, 15) is 9.18 Å². The van der Waals surface area contributed by atoms with Crippen molar-refractivity contribution >= 4 is 5.91 Å². The number of nitrogens with one attached hydrogen (secondary N) is 1. The smallest absolute Gasteiger partial charge is 0.270 e. The monoisotopic (exact) mass is 214 g/mol. The van der Waals surface area contributed by atoms with Crippen LogP contribution in [0.1, 0.15) is 10.5 Å². The van der Waals surface area contributed by atoms with Crippen molar-refractivity contribution in [1.82, 2.24) is 10.3 Å². The lowest BCUT2D eigenvalue weighted by atomic mass is 10.3. The van der Waals surface area contributed by atoms with Crippen LogP contribution in [0.3, 0.4) is 0 Å². The minimum absolute atomic E-state index is 0.0955. The Hall–Kier alpha value is -1.53. The largest absolute Gasteiger partial charge is 0.394 e. The van der Waals surface area contributed by atoms with Crippen molar-refractivity contribution in [2.45, 2.75) is 6.04 Å². The average Bonchev–Trinajstić information content (AvgIpc) is 2.25. The lowest BCUT2D eigenvalue weighted by Gasteiger charge is -2.12. The molecule has 0 saturated heterocycles. The Balaban J connectivity index is 2.68. The van der Waals surface area contributed by atoms with Gasteiger partial charge in [0, 0.05) is 0 Å². The molecule has 0 aliphatic heterocycles. The zero-order valence-corrected chi connectivity index (χ0v) is 7.85. The predicted molar refractivity (Wildman–Crippen MR) is 49.6 cm³/mol. The van der Waals surface area contributed by atoms with Gasteiger partial charge in [0.15, 0.2) is 0 Å². The number of carbonyl (C=O) groups is 1. The first-order valence-electron chi connectivity index (χ1n) is 4.32. The fourth-order valence-corrected chi connectivity index (χ4v) is 0.943. The highest BCUT2D eigenvalue weighted by Gasteiger charge is 2.13. The normalized spacial score (nSPS) is 10.4. The molecule has 15 heavy (non-hydrogen) atoms. The number of halogens is 1. The Labute approximate surface area is 85.6 Å². The molecule has 1 heterocycles. The van der Waals surface area contributed by atoms with E-state index in [1.807, 2.05) is 0 Å². The van der Waals surface area contributed by atoms with Gasteiger partial charge in [-0.25, -0.2) is 4.98 Å². The van der Waals surface area contributed by atoms with E-state index in [-0.39, 0.29) is 5.69 Å². The van der Waals surface area contributed by atoms with Gasteiger partial charge < -0.3 is 15.5 Å². The maximum atomic E-state index is 12.6. The molecular formula is C9H11FN2O3. The van der Waals surface area contributed by atoms with Crippen molar-refractivity contribution in [3.05, 3.63) is 29.8 Å². The van der Waals surface area contributed by atoms with Gasteiger partial charge in [-0.3, -0.25) is 4.79 Å². The molecule has 1 rings (SSSR count). The Morgan fingerprint density at radius 3 is 2.67 bits per heavy atom. The fraction of sp³-hybridized carbons (Fsp3) is 0.333. The molecular weight excluding hydrogens is 203 g/mol. The molecule has 0 bridgehead atoms. The molecule has 0 aliphatic rings. The van der Waals surface area contributed by atoms with Crippen LogP contribution in [0.15, 0.2) is 18.2 Å². The number of rotatable bonds is 4. The summed E-state index contributed by atoms with van der Waals surface area (Å²) in [7, 11) is 0. The summed E-state index contributed by atoms with van der Waals surface area (Å²) >= 11 is 0. The quantitative estimate of drug-likeness (QED) is 0.579. The van der Waals surface area contributed by atoms with Crippen molar-refractivity contribution in [3.8, 4) is 0 Å². The molecule has 0 unspecified atom stereocenters. The Morgan fingerprint density at radius 1 is 1.47 bits per heavy atom. The molecule has 1 aromatic rings. The van der Waals surface area contributed by atoms with Crippen LogP contribution in [0.5, 0.6) is 0 Å². The van der Waals surface area contributed by atoms with Gasteiger partial charge in [-0.1, -0.05) is 6.07 Å². The van der Waals surface area contributed by atoms with E-state index in [2.05, 4.69) is 10.3 Å². The number of aromatic nitrogens is 1. The molecule has 3 N–H and O–H groups in total. The number of hydrogen-bond acceptors (Lipinski definition) is 4. The molecule has 0 radical (unpaired) electrons. The second kappa shape index (κ2) is 5.38. The zero-order valence-electron chi connectivity index (χ0n) is 7.85. The molecule has 1 aromatic heterocycles. The zero-order chi connectivity index (χ0) is 11.3. The Kier molecular flexibility index (Phi) is 4.14. The van der Waals surface area contributed by atoms with Crippen LogP contribution in [0.2, 0.25) is 0 Å². The maximum absolute atomic E-state index is 12.6. The van der Waals surface area contributed by atoms with Crippen LogP contribution in [0, 0.1) is 5.95 Å². The number of carbonyl (C=O) groups excluding carboxylic acids is 1. The van der Waals surface area contributed by atoms with Crippen LogP contribution < -0.4 is 5.32 Å². The molecule has 0 aliphatic carbocycles. The van der Waals surface area contributed by atoms with Gasteiger partial charge in [-0.05, 0) is 12.1 Å². The summed E-state index contributed by atoms with van der Waals surface area (Å²) < 4.78 is 12.6. The molecule has 1 amide bonds. The molecule has 5 nitrogen and oxygen atoms in total. The third kappa shape index (κ3) is 3.26. The van der Waals surface area contributed by atoms with Gasteiger partial charge in [-0.2, -0.15) is 4.39 Å². The van der Waals surface area contributed by atoms with Crippen LogP contribution in [-0.2, 0) is 0 Å². The number of pyridine rings is 1. The standard InChI is InChI=1S/C9H11FN2O3/c10-8-3-1-2-7(12-8)9(15)11-6(4-13)5-14/h1-3,6,13-14H,4-5H2,(H,11,15). The van der Waals surface area contributed by atoms with E-state index in [4.69, 9.17) is 10.2 Å². The third-order valence-corrected chi connectivity index (χ3v) is 1.72. The predicted octanol–water partition coefficient (Wildman–Crippen LogP) is -0.696. The van der Waals surface area contributed by atoms with Crippen LogP contribution in [0.4, 0.5) is 4.39 Å². The molecule has 0 fully saturated rings. The number of hydrogen-bond donors (Lipinski definition) is 3. The fourth-order valence-electron chi connectivity index (χ4n) is 0.943. The highest BCUT2D eigenvalue weighted by atomic mass is 19.1. The Morgan fingerprint density at radius 2 is 2.13 bits per heavy atom. The summed E-state index contributed by atoms with van der Waals surface area (Å²) in [6.07, 6.45) is 0. The first kappa shape index (κ1) is 11.5. The summed E-state index contributed by atoms with van der Waals surface area (Å²) in [6.45, 7) is -0.783. The minimum Gasteiger partial charge on any atom is -0.394 e. The van der Waals surface area contributed by atoms with Gasteiger partial charge in [0.05, 0.1) is 19.3 Å². The number of aliphatic hydroxyl groups is 2. The van der Waals surface area contributed by atoms with E-state index in [0.29, 0.717) is 0 Å². The maximum Gasteiger partial charge on any atom is 0.270 e. The van der Waals surface area contributed by atoms with E-state index in [1.54, 1.807) is 0 Å². The molecule has 0 aromatic carbocycles. The first-order valence-corrected chi connectivity index (χ1v) is 4.32. The summed E-state index contributed by atoms with van der Waals surface area (Å²) in [4.78, 5) is 14.7. The highest BCUT2D eigenvalue weighted by molar-refractivity contribution is 5.92. The molecule has 6 heteroatoms. The number of aliphatic hydroxyl groups excluding tert-OH is 2. The van der Waals surface area contributed by atoms with E-state index >= 15 is 0 Å². The van der Waals surface area contributed by atoms with Crippen molar-refractivity contribution in [2.24, 2.45) is 0 Å². The van der Waals surface area contributed by atoms with Crippen molar-refractivity contribution in [1.29, 1.82) is 0 Å². The lowest BCUT2D eigenvalue weighted by molar-refractivity contribution is 0.0873. The molecule has 82 valence electrons. The summed E-state index contributed by atoms with van der Waals surface area (Å²) in [5, 5.41) is 19.7. The summed E-state index contributed by atoms with van der Waals surface area (Å²) in [5.41, 5.74) is -0.0955. The van der Waals surface area contributed by atoms with Gasteiger partial charge in [0.25, 0.3) is 5.91 Å². The molecule has 0 spiro atoms. The van der Waals surface area contributed by atoms with Gasteiger partial charge >= 0.3 is 0 Å². The molecule has 0 atom stereocenters. The second-order valence-electron chi connectivity index (χ2n) is 2.88. The van der Waals surface area contributed by atoms with E-state index in [1.165, 1.54) is 12.1 Å². The van der Waals surface area contributed by atoms with Crippen molar-refractivity contribution in [2.75, 3.05) is 13.2 Å². The Bertz CT molecular complexity index is 342. The topological polar surface area (TPSA) is 82.5 Å². The van der Waals surface area contributed by atoms with Crippen LogP contribution in [0.25, 0.3) is 0 Å². The van der Waals surface area contributed by atoms with Crippen LogP contribution >= 0.6 is 0 Å². The third-order valence-electron chi connectivity index (χ3n) is 1.72. The van der Waals surface area contributed by atoms with Crippen LogP contribution in [-0.4, -0.2) is 40.4 Å². The van der Waals surface area contributed by atoms with E-state index < -0.39 is 31.1 Å². The summed E-state index contributed by atoms with van der Waals surface area (Å²) in [6, 6.07) is 3.04. The van der Waals surface area contributed by atoms with Crippen molar-refractivity contribution < 1.29 is 19.4 Å². The highest BCUT2D eigenvalue weighted by Crippen LogP contribution is 1.98. The first-order chi connectivity index (χ1) is 7.17. The second-order valence-corrected chi connectivity index (χ2v) is 2.88. The lowest BCUT2D eigenvalue weighted by Crippen LogP contribution is -2.40. The summed E-state index contributed by atoms with van der Waals surface area (Å²) in [5.74, 6) is -1.39. The SMILES string of the molecule is O=C(NC(CO)CO)c1cccc(F)n1. The number of nitrogens with zero attached hydrogens (tertiary/aromatic N) is 1. The van der Waals surface area contributed by atoms with Gasteiger partial charge in [-0.15, -0.1) is 0 Å². The minimum atomic E-state index is -0.762. The van der Waals surface area contributed by atoms with Gasteiger partial charge in [0.1, 0.15) is 5.69 Å². The number of amides is 1. The van der Waals surface area contributed by atoms with E-state index in [0.717, 1.165) is 6.07 Å². The van der Waals surface area contributed by atoms with Crippen molar-refractivity contribution in [3.63, 3.8) is 0 Å².